The van der Waals surface area contributed by atoms with Gasteiger partial charge in [-0.1, -0.05) is 54.1 Å². The van der Waals surface area contributed by atoms with E-state index >= 15 is 0 Å². The van der Waals surface area contributed by atoms with Crippen LogP contribution in [-0.2, 0) is 27.3 Å². The number of aromatic nitrogens is 4. The number of rotatable bonds is 10. The Morgan fingerprint density at radius 3 is 2.50 bits per heavy atom. The molecule has 0 spiro atoms. The van der Waals surface area contributed by atoms with Gasteiger partial charge in [0, 0.05) is 35.3 Å². The van der Waals surface area contributed by atoms with Crippen LogP contribution in [0.4, 0.5) is 10.5 Å². The largest absolute Gasteiger partial charge is 0.453 e. The molecule has 0 saturated carbocycles. The molecule has 0 bridgehead atoms. The average Bonchev–Trinajstić information content (AvgIpc) is 3.50. The van der Waals surface area contributed by atoms with Crippen LogP contribution in [0.15, 0.2) is 85.2 Å². The minimum atomic E-state index is -0.862. The maximum Gasteiger partial charge on any atom is 0.407 e. The van der Waals surface area contributed by atoms with Gasteiger partial charge in [0.1, 0.15) is 12.4 Å². The van der Waals surface area contributed by atoms with Crippen molar-refractivity contribution in [2.24, 2.45) is 0 Å². The Morgan fingerprint density at radius 2 is 1.80 bits per heavy atom. The minimum absolute atomic E-state index is 0.278. The van der Waals surface area contributed by atoms with Crippen LogP contribution < -0.4 is 16.0 Å². The van der Waals surface area contributed by atoms with Crippen LogP contribution in [-0.4, -0.2) is 51.3 Å². The van der Waals surface area contributed by atoms with E-state index in [0.29, 0.717) is 22.0 Å². The van der Waals surface area contributed by atoms with Crippen molar-refractivity contribution >= 4 is 41.3 Å². The maximum absolute atomic E-state index is 13.3. The average molecular weight is 560 g/mol. The summed E-state index contributed by atoms with van der Waals surface area (Å²) in [6.07, 6.45) is 4.08. The van der Waals surface area contributed by atoms with Crippen molar-refractivity contribution in [3.63, 3.8) is 0 Å². The number of hydrogen-bond donors (Lipinski definition) is 3. The highest BCUT2D eigenvalue weighted by Gasteiger charge is 2.21. The molecule has 40 heavy (non-hydrogen) atoms. The van der Waals surface area contributed by atoms with Crippen LogP contribution in [0.1, 0.15) is 16.7 Å². The Labute approximate surface area is 235 Å². The maximum atomic E-state index is 13.3. The number of tetrazole rings is 1. The van der Waals surface area contributed by atoms with Crippen molar-refractivity contribution in [1.82, 2.24) is 30.8 Å². The van der Waals surface area contributed by atoms with Gasteiger partial charge in [-0.05, 0) is 58.0 Å². The Kier molecular flexibility index (Phi) is 9.57. The monoisotopic (exact) mass is 559 g/mol. The fourth-order valence-electron chi connectivity index (χ4n) is 3.77. The number of halogens is 1. The van der Waals surface area contributed by atoms with Crippen molar-refractivity contribution in [2.75, 3.05) is 12.4 Å². The zero-order chi connectivity index (χ0) is 28.3. The predicted molar refractivity (Wildman–Crippen MR) is 150 cm³/mol. The summed E-state index contributed by atoms with van der Waals surface area (Å²) in [4.78, 5) is 37.5. The third-order valence-corrected chi connectivity index (χ3v) is 5.99. The highest BCUT2D eigenvalue weighted by molar-refractivity contribution is 6.30. The molecule has 1 aromatic heterocycles. The van der Waals surface area contributed by atoms with Crippen LogP contribution in [0.3, 0.4) is 0 Å². The lowest BCUT2D eigenvalue weighted by atomic mass is 10.0. The summed E-state index contributed by atoms with van der Waals surface area (Å²) in [5.41, 5.74) is 3.49. The smallest absolute Gasteiger partial charge is 0.407 e. The van der Waals surface area contributed by atoms with Gasteiger partial charge in [0.15, 0.2) is 0 Å². The molecule has 4 aromatic rings. The molecule has 0 unspecified atom stereocenters. The molecule has 12 heteroatoms. The number of hydrogen-bond acceptors (Lipinski definition) is 7. The lowest BCUT2D eigenvalue weighted by Crippen LogP contribution is -2.44. The molecule has 0 radical (unpaired) electrons. The molecule has 1 heterocycles. The van der Waals surface area contributed by atoms with E-state index in [-0.39, 0.29) is 18.9 Å². The van der Waals surface area contributed by atoms with Crippen molar-refractivity contribution in [3.8, 4) is 5.69 Å². The quantitative estimate of drug-likeness (QED) is 0.252. The molecular weight excluding hydrogens is 534 g/mol. The number of carbonyl (C=O) groups is 3. The lowest BCUT2D eigenvalue weighted by Gasteiger charge is -2.18. The van der Waals surface area contributed by atoms with Crippen LogP contribution in [0, 0.1) is 0 Å². The number of ether oxygens (including phenoxy) is 1. The van der Waals surface area contributed by atoms with Gasteiger partial charge in [-0.3, -0.25) is 9.59 Å². The van der Waals surface area contributed by atoms with Gasteiger partial charge in [-0.25, -0.2) is 4.79 Å². The first kappa shape index (κ1) is 28.0. The SMILES string of the molecule is COC(=O)NCc1ccc(NC(=O)[C@H](Cc2ccccc2)NC(=O)/C=C/c2cc(Cl)ccc2-n2cnnn2)cc1. The van der Waals surface area contributed by atoms with E-state index in [2.05, 4.69) is 36.2 Å². The van der Waals surface area contributed by atoms with E-state index in [4.69, 9.17) is 11.6 Å². The molecule has 11 nitrogen and oxygen atoms in total. The summed E-state index contributed by atoms with van der Waals surface area (Å²) in [6.45, 7) is 0.279. The zero-order valence-electron chi connectivity index (χ0n) is 21.5. The lowest BCUT2D eigenvalue weighted by molar-refractivity contribution is -0.123. The second-order valence-electron chi connectivity index (χ2n) is 8.57. The zero-order valence-corrected chi connectivity index (χ0v) is 22.2. The molecule has 1 atom stereocenters. The molecule has 4 rings (SSSR count). The summed E-state index contributed by atoms with van der Waals surface area (Å²) in [5.74, 6) is -0.855. The van der Waals surface area contributed by atoms with Gasteiger partial charge in [-0.15, -0.1) is 5.10 Å². The second-order valence-corrected chi connectivity index (χ2v) is 9.01. The van der Waals surface area contributed by atoms with E-state index in [0.717, 1.165) is 11.1 Å². The number of carbonyl (C=O) groups excluding carboxylic acids is 3. The van der Waals surface area contributed by atoms with Crippen molar-refractivity contribution in [3.05, 3.63) is 107 Å². The minimum Gasteiger partial charge on any atom is -0.453 e. The second kappa shape index (κ2) is 13.7. The molecule has 0 aliphatic heterocycles. The van der Waals surface area contributed by atoms with Gasteiger partial charge in [0.2, 0.25) is 11.8 Å². The molecule has 3 amide bonds. The summed E-state index contributed by atoms with van der Waals surface area (Å²) >= 11 is 6.16. The fraction of sp³-hybridized carbons (Fsp3) is 0.143. The first-order chi connectivity index (χ1) is 19.4. The summed E-state index contributed by atoms with van der Waals surface area (Å²) < 4.78 is 6.02. The topological polar surface area (TPSA) is 140 Å². The molecule has 3 N–H and O–H groups in total. The van der Waals surface area contributed by atoms with Gasteiger partial charge in [-0.2, -0.15) is 4.68 Å². The Morgan fingerprint density at radius 1 is 1.02 bits per heavy atom. The molecule has 0 aliphatic carbocycles. The van der Waals surface area contributed by atoms with E-state index in [9.17, 15) is 14.4 Å². The fourth-order valence-corrected chi connectivity index (χ4v) is 3.95. The van der Waals surface area contributed by atoms with E-state index in [1.165, 1.54) is 24.2 Å². The van der Waals surface area contributed by atoms with Crippen molar-refractivity contribution < 1.29 is 19.1 Å². The summed E-state index contributed by atoms with van der Waals surface area (Å²) in [5, 5.41) is 19.9. The van der Waals surface area contributed by atoms with Crippen LogP contribution in [0.5, 0.6) is 0 Å². The first-order valence-corrected chi connectivity index (χ1v) is 12.6. The molecule has 3 aromatic carbocycles. The standard InChI is InChI=1S/C28H26ClN7O4/c1-40-28(39)30-17-20-7-11-23(12-8-20)32-27(38)24(15-19-5-3-2-4-6-19)33-26(37)14-9-21-16-22(29)10-13-25(21)36-18-31-34-35-36/h2-14,16,18,24H,15,17H2,1H3,(H,30,39)(H,32,38)(H,33,37)/b14-9+/t24-/m0/s1. The van der Waals surface area contributed by atoms with Gasteiger partial charge >= 0.3 is 6.09 Å². The summed E-state index contributed by atoms with van der Waals surface area (Å²) in [6, 6.07) is 20.6. The number of amides is 3. The third kappa shape index (κ3) is 7.98. The Bertz CT molecular complexity index is 1480. The predicted octanol–water partition coefficient (Wildman–Crippen LogP) is 3.55. The Balaban J connectivity index is 1.46. The van der Waals surface area contributed by atoms with E-state index in [1.54, 1.807) is 48.5 Å². The van der Waals surface area contributed by atoms with Crippen molar-refractivity contribution in [1.29, 1.82) is 0 Å². The number of nitrogens with one attached hydrogen (secondary N) is 3. The number of nitrogens with zero attached hydrogens (tertiary/aromatic N) is 4. The first-order valence-electron chi connectivity index (χ1n) is 12.2. The summed E-state index contributed by atoms with van der Waals surface area (Å²) in [7, 11) is 1.29. The highest BCUT2D eigenvalue weighted by Crippen LogP contribution is 2.20. The number of alkyl carbamates (subject to hydrolysis) is 1. The van der Waals surface area contributed by atoms with Crippen LogP contribution in [0.25, 0.3) is 11.8 Å². The molecule has 0 aliphatic rings. The molecule has 0 saturated heterocycles. The molecule has 0 fully saturated rings. The van der Waals surface area contributed by atoms with Crippen LogP contribution in [0.2, 0.25) is 5.02 Å². The van der Waals surface area contributed by atoms with Gasteiger partial charge in [0.25, 0.3) is 0 Å². The number of anilines is 1. The van der Waals surface area contributed by atoms with E-state index in [1.807, 2.05) is 30.3 Å². The van der Waals surface area contributed by atoms with Gasteiger partial charge in [0.05, 0.1) is 12.8 Å². The number of benzene rings is 3. The van der Waals surface area contributed by atoms with Gasteiger partial charge < -0.3 is 20.7 Å². The molecule has 204 valence electrons. The van der Waals surface area contributed by atoms with E-state index < -0.39 is 18.0 Å². The van der Waals surface area contributed by atoms with Crippen molar-refractivity contribution in [2.45, 2.75) is 19.0 Å². The Hall–Kier alpha value is -5.03. The highest BCUT2D eigenvalue weighted by atomic mass is 35.5. The molecular formula is C28H26ClN7O4. The normalized spacial score (nSPS) is 11.6. The number of methoxy groups -OCH3 is 1. The van der Waals surface area contributed by atoms with Crippen LogP contribution >= 0.6 is 11.6 Å². The third-order valence-electron chi connectivity index (χ3n) is 5.76.